The predicted molar refractivity (Wildman–Crippen MR) is 139 cm³/mol. The maximum absolute atomic E-state index is 12.8. The minimum absolute atomic E-state index is 0. The number of halogens is 3. The quantitative estimate of drug-likeness (QED) is 0.431. The highest BCUT2D eigenvalue weighted by Gasteiger charge is 2.37. The molecular formula is C24H28Cl3N3OS. The molecule has 0 spiro atoms. The number of nitrogens with zero attached hydrogens (tertiary/aromatic N) is 3. The lowest BCUT2D eigenvalue weighted by Crippen LogP contribution is -2.49. The van der Waals surface area contributed by atoms with Crippen molar-refractivity contribution >= 4 is 64.1 Å². The fourth-order valence-corrected chi connectivity index (χ4v) is 6.05. The van der Waals surface area contributed by atoms with Crippen LogP contribution in [0.5, 0.6) is 0 Å². The zero-order valence-electron chi connectivity index (χ0n) is 18.0. The first kappa shape index (κ1) is 25.2. The van der Waals surface area contributed by atoms with E-state index in [-0.39, 0.29) is 24.5 Å². The average Bonchev–Trinajstić information content (AvgIpc) is 3.10. The summed E-state index contributed by atoms with van der Waals surface area (Å²) in [6.07, 6.45) is 5.93. The fraction of sp³-hybridized carbons (Fsp3) is 0.417. The molecule has 2 aromatic rings. The van der Waals surface area contributed by atoms with Crippen molar-refractivity contribution in [1.29, 1.82) is 0 Å². The van der Waals surface area contributed by atoms with Crippen LogP contribution in [-0.4, -0.2) is 33.9 Å². The molecule has 2 fully saturated rings. The number of rotatable bonds is 5. The molecule has 1 heterocycles. The standard InChI is InChI=1S/C24H27Cl2N3OS.ClH/c1-17(30)29(22-13-19(25)12-20(26)14-22)23-16-31-24(27-21-10-6-3-7-11-21)28(23)15-18-8-4-2-5-9-18;/h2,4-5,8-9,12-14,21,23H,3,6-7,10-11,15-16H2,1H3;1H. The van der Waals surface area contributed by atoms with Crippen molar-refractivity contribution in [1.82, 2.24) is 4.90 Å². The van der Waals surface area contributed by atoms with E-state index < -0.39 is 0 Å². The van der Waals surface area contributed by atoms with E-state index in [0.717, 1.165) is 23.8 Å². The molecule has 172 valence electrons. The van der Waals surface area contributed by atoms with Gasteiger partial charge in [0.1, 0.15) is 6.17 Å². The van der Waals surface area contributed by atoms with Gasteiger partial charge in [0.05, 0.1) is 6.04 Å². The van der Waals surface area contributed by atoms with Crippen LogP contribution in [0.25, 0.3) is 0 Å². The Morgan fingerprint density at radius 2 is 1.75 bits per heavy atom. The van der Waals surface area contributed by atoms with E-state index in [0.29, 0.717) is 28.3 Å². The Kier molecular flexibility index (Phi) is 9.18. The number of benzene rings is 2. The van der Waals surface area contributed by atoms with Crippen LogP contribution in [0.4, 0.5) is 5.69 Å². The zero-order valence-corrected chi connectivity index (χ0v) is 21.2. The Morgan fingerprint density at radius 1 is 1.09 bits per heavy atom. The van der Waals surface area contributed by atoms with Crippen molar-refractivity contribution in [2.75, 3.05) is 10.7 Å². The molecule has 1 aliphatic carbocycles. The van der Waals surface area contributed by atoms with Gasteiger partial charge in [0.15, 0.2) is 5.17 Å². The third-order valence-electron chi connectivity index (χ3n) is 5.79. The van der Waals surface area contributed by atoms with E-state index in [2.05, 4.69) is 17.0 Å². The molecule has 0 radical (unpaired) electrons. The van der Waals surface area contributed by atoms with Crippen molar-refractivity contribution in [3.05, 3.63) is 64.1 Å². The van der Waals surface area contributed by atoms with Crippen LogP contribution in [0.15, 0.2) is 53.5 Å². The molecule has 8 heteroatoms. The molecule has 2 aliphatic rings. The maximum Gasteiger partial charge on any atom is 0.225 e. The van der Waals surface area contributed by atoms with Gasteiger partial charge in [0.2, 0.25) is 5.91 Å². The van der Waals surface area contributed by atoms with E-state index in [1.807, 2.05) is 18.2 Å². The summed E-state index contributed by atoms with van der Waals surface area (Å²) in [6.45, 7) is 2.29. The molecule has 1 amide bonds. The highest BCUT2D eigenvalue weighted by Crippen LogP contribution is 2.35. The molecule has 4 rings (SSSR count). The number of amidine groups is 1. The second-order valence-corrected chi connectivity index (χ2v) is 9.99. The van der Waals surface area contributed by atoms with Gasteiger partial charge in [-0.2, -0.15) is 0 Å². The Bertz CT molecular complexity index is 931. The molecule has 1 saturated heterocycles. The fourth-order valence-electron chi connectivity index (χ4n) is 4.34. The van der Waals surface area contributed by atoms with Gasteiger partial charge in [-0.05, 0) is 36.6 Å². The predicted octanol–water partition coefficient (Wildman–Crippen LogP) is 7.03. The number of hydrogen-bond donors (Lipinski definition) is 0. The van der Waals surface area contributed by atoms with Gasteiger partial charge in [-0.25, -0.2) is 0 Å². The van der Waals surface area contributed by atoms with Crippen molar-refractivity contribution < 1.29 is 4.79 Å². The lowest BCUT2D eigenvalue weighted by atomic mass is 9.96. The summed E-state index contributed by atoms with van der Waals surface area (Å²) in [5.74, 6) is 0.711. The Morgan fingerprint density at radius 3 is 2.38 bits per heavy atom. The molecule has 4 nitrogen and oxygen atoms in total. The molecule has 0 aromatic heterocycles. The maximum atomic E-state index is 12.8. The summed E-state index contributed by atoms with van der Waals surface area (Å²) in [7, 11) is 0. The molecule has 1 atom stereocenters. The van der Waals surface area contributed by atoms with E-state index in [1.54, 1.807) is 41.8 Å². The summed E-state index contributed by atoms with van der Waals surface area (Å²) in [5.41, 5.74) is 1.91. The topological polar surface area (TPSA) is 35.9 Å². The van der Waals surface area contributed by atoms with Gasteiger partial charge in [-0.3, -0.25) is 14.7 Å². The number of carbonyl (C=O) groups is 1. The van der Waals surface area contributed by atoms with Crippen LogP contribution < -0.4 is 4.90 Å². The van der Waals surface area contributed by atoms with Crippen LogP contribution in [0, 0.1) is 0 Å². The van der Waals surface area contributed by atoms with E-state index in [1.165, 1.54) is 24.8 Å². The molecule has 1 saturated carbocycles. The van der Waals surface area contributed by atoms with Crippen molar-refractivity contribution in [2.45, 2.75) is 57.8 Å². The van der Waals surface area contributed by atoms with E-state index in [9.17, 15) is 4.79 Å². The van der Waals surface area contributed by atoms with E-state index in [4.69, 9.17) is 28.2 Å². The lowest BCUT2D eigenvalue weighted by Gasteiger charge is -2.35. The number of anilines is 1. The summed E-state index contributed by atoms with van der Waals surface area (Å²) < 4.78 is 0. The van der Waals surface area contributed by atoms with Crippen LogP contribution in [0.2, 0.25) is 10.0 Å². The SMILES string of the molecule is CC(=O)N(c1cc(Cl)cc(Cl)c1)C1CSC(=NC2CCCCC2)N1Cc1ccccc1.Cl. The second-order valence-electron chi connectivity index (χ2n) is 8.13. The van der Waals surface area contributed by atoms with E-state index >= 15 is 0 Å². The molecule has 1 aliphatic heterocycles. The third-order valence-corrected chi connectivity index (χ3v) is 7.29. The number of amides is 1. The zero-order chi connectivity index (χ0) is 21.8. The second kappa shape index (κ2) is 11.6. The Balaban J connectivity index is 0.00000289. The molecule has 32 heavy (non-hydrogen) atoms. The minimum atomic E-state index is -0.153. The number of thioether (sulfide) groups is 1. The number of hydrogen-bond acceptors (Lipinski definition) is 3. The molecule has 2 aromatic carbocycles. The van der Waals surface area contributed by atoms with Gasteiger partial charge in [0, 0.05) is 35.0 Å². The molecule has 1 unspecified atom stereocenters. The lowest BCUT2D eigenvalue weighted by molar-refractivity contribution is -0.117. The molecule has 0 N–H and O–H groups in total. The summed E-state index contributed by atoms with van der Waals surface area (Å²) in [4.78, 5) is 22.0. The molecular weight excluding hydrogens is 485 g/mol. The van der Waals surface area contributed by atoms with Gasteiger partial charge < -0.3 is 4.90 Å². The first-order chi connectivity index (χ1) is 15.0. The third kappa shape index (κ3) is 6.13. The smallest absolute Gasteiger partial charge is 0.225 e. The van der Waals surface area contributed by atoms with Crippen LogP contribution in [0.3, 0.4) is 0 Å². The van der Waals surface area contributed by atoms with Crippen molar-refractivity contribution in [3.8, 4) is 0 Å². The largest absolute Gasteiger partial charge is 0.325 e. The summed E-state index contributed by atoms with van der Waals surface area (Å²) in [5, 5.41) is 2.07. The Labute approximate surface area is 210 Å². The highest BCUT2D eigenvalue weighted by atomic mass is 35.5. The van der Waals surface area contributed by atoms with Gasteiger partial charge >= 0.3 is 0 Å². The van der Waals surface area contributed by atoms with Crippen molar-refractivity contribution in [2.24, 2.45) is 4.99 Å². The highest BCUT2D eigenvalue weighted by molar-refractivity contribution is 8.14. The van der Waals surface area contributed by atoms with Gasteiger partial charge in [0.25, 0.3) is 0 Å². The molecule has 0 bridgehead atoms. The summed E-state index contributed by atoms with van der Waals surface area (Å²) in [6, 6.07) is 16.0. The monoisotopic (exact) mass is 511 g/mol. The average molecular weight is 513 g/mol. The Hall–Kier alpha value is -1.40. The van der Waals surface area contributed by atoms with Crippen LogP contribution >= 0.6 is 47.4 Å². The van der Waals surface area contributed by atoms with Gasteiger partial charge in [-0.15, -0.1) is 12.4 Å². The number of aliphatic imine (C=N–C) groups is 1. The van der Waals surface area contributed by atoms with Crippen LogP contribution in [-0.2, 0) is 11.3 Å². The number of carbonyl (C=O) groups excluding carboxylic acids is 1. The first-order valence-electron chi connectivity index (χ1n) is 10.8. The first-order valence-corrected chi connectivity index (χ1v) is 12.5. The minimum Gasteiger partial charge on any atom is -0.325 e. The van der Waals surface area contributed by atoms with Crippen LogP contribution in [0.1, 0.15) is 44.6 Å². The normalized spacial score (nSPS) is 20.3. The van der Waals surface area contributed by atoms with Crippen molar-refractivity contribution in [3.63, 3.8) is 0 Å². The summed E-state index contributed by atoms with van der Waals surface area (Å²) >= 11 is 14.3. The van der Waals surface area contributed by atoms with Gasteiger partial charge in [-0.1, -0.05) is 84.6 Å².